The maximum absolute atomic E-state index is 10.1. The molecule has 3 heteroatoms. The number of benzene rings is 2. The van der Waals surface area contributed by atoms with Gasteiger partial charge < -0.3 is 15.3 Å². The van der Waals surface area contributed by atoms with Gasteiger partial charge in [-0.2, -0.15) is 0 Å². The molecule has 0 fully saturated rings. The molecule has 0 unspecified atom stereocenters. The van der Waals surface area contributed by atoms with E-state index in [1.54, 1.807) is 0 Å². The lowest BCUT2D eigenvalue weighted by Crippen LogP contribution is -1.91. The van der Waals surface area contributed by atoms with E-state index >= 15 is 0 Å². The Labute approximate surface area is 112 Å². The van der Waals surface area contributed by atoms with E-state index in [-0.39, 0.29) is 11.5 Å². The third kappa shape index (κ3) is 2.36. The zero-order valence-corrected chi connectivity index (χ0v) is 11.1. The monoisotopic (exact) mass is 258 g/mol. The lowest BCUT2D eigenvalue weighted by atomic mass is 9.94. The quantitative estimate of drug-likeness (QED) is 0.737. The van der Waals surface area contributed by atoms with Gasteiger partial charge >= 0.3 is 0 Å². The lowest BCUT2D eigenvalue weighted by molar-refractivity contribution is 0.368. The SMILES string of the molecule is CCc1cccc(-c2c(CC)cc(O)c(O)c2O)c1. The molecule has 3 nitrogen and oxygen atoms in total. The van der Waals surface area contributed by atoms with E-state index in [4.69, 9.17) is 0 Å². The molecule has 3 N–H and O–H groups in total. The van der Waals surface area contributed by atoms with E-state index in [0.29, 0.717) is 12.0 Å². The van der Waals surface area contributed by atoms with E-state index in [1.165, 1.54) is 6.07 Å². The third-order valence-corrected chi connectivity index (χ3v) is 3.34. The molecule has 2 aromatic carbocycles. The molecule has 0 aliphatic rings. The highest BCUT2D eigenvalue weighted by molar-refractivity contribution is 5.79. The van der Waals surface area contributed by atoms with Crippen molar-refractivity contribution in [2.45, 2.75) is 26.7 Å². The van der Waals surface area contributed by atoms with Gasteiger partial charge in [-0.15, -0.1) is 0 Å². The molecule has 19 heavy (non-hydrogen) atoms. The van der Waals surface area contributed by atoms with Crippen molar-refractivity contribution in [1.82, 2.24) is 0 Å². The van der Waals surface area contributed by atoms with Crippen LogP contribution in [-0.4, -0.2) is 15.3 Å². The van der Waals surface area contributed by atoms with Crippen LogP contribution in [-0.2, 0) is 12.8 Å². The van der Waals surface area contributed by atoms with Crippen molar-refractivity contribution >= 4 is 0 Å². The topological polar surface area (TPSA) is 60.7 Å². The molecule has 0 aliphatic heterocycles. The molecular formula is C16H18O3. The van der Waals surface area contributed by atoms with Crippen molar-refractivity contribution in [2.24, 2.45) is 0 Å². The summed E-state index contributed by atoms with van der Waals surface area (Å²) in [6, 6.07) is 9.33. The van der Waals surface area contributed by atoms with Gasteiger partial charge in [-0.05, 0) is 35.6 Å². The molecule has 0 amide bonds. The largest absolute Gasteiger partial charge is 0.504 e. The number of phenolic OH excluding ortho intramolecular Hbond substituents is 3. The second-order valence-corrected chi connectivity index (χ2v) is 4.53. The third-order valence-electron chi connectivity index (χ3n) is 3.34. The molecular weight excluding hydrogens is 240 g/mol. The van der Waals surface area contributed by atoms with Crippen LogP contribution in [0.4, 0.5) is 0 Å². The minimum absolute atomic E-state index is 0.259. The summed E-state index contributed by atoms with van der Waals surface area (Å²) in [5.41, 5.74) is 3.41. The van der Waals surface area contributed by atoms with E-state index < -0.39 is 5.75 Å². The molecule has 0 aromatic heterocycles. The van der Waals surface area contributed by atoms with Crippen LogP contribution in [0.15, 0.2) is 30.3 Å². The summed E-state index contributed by atoms with van der Waals surface area (Å²) < 4.78 is 0. The van der Waals surface area contributed by atoms with Gasteiger partial charge in [0.15, 0.2) is 11.5 Å². The van der Waals surface area contributed by atoms with E-state index in [0.717, 1.165) is 23.1 Å². The summed E-state index contributed by atoms with van der Waals surface area (Å²) in [5, 5.41) is 29.4. The van der Waals surface area contributed by atoms with E-state index in [1.807, 2.05) is 31.2 Å². The number of aromatic hydroxyl groups is 3. The number of rotatable bonds is 3. The van der Waals surface area contributed by atoms with Crippen LogP contribution in [0, 0.1) is 0 Å². The number of hydrogen-bond acceptors (Lipinski definition) is 3. The van der Waals surface area contributed by atoms with Crippen LogP contribution in [0.3, 0.4) is 0 Å². The molecule has 0 bridgehead atoms. The first-order valence-corrected chi connectivity index (χ1v) is 6.44. The van der Waals surface area contributed by atoms with Gasteiger partial charge in [0.2, 0.25) is 5.75 Å². The summed E-state index contributed by atoms with van der Waals surface area (Å²) in [7, 11) is 0. The Balaban J connectivity index is 2.69. The fourth-order valence-electron chi connectivity index (χ4n) is 2.25. The summed E-state index contributed by atoms with van der Waals surface area (Å²) >= 11 is 0. The first-order valence-electron chi connectivity index (χ1n) is 6.44. The molecule has 0 saturated carbocycles. The Morgan fingerprint density at radius 3 is 2.26 bits per heavy atom. The molecule has 0 spiro atoms. The maximum Gasteiger partial charge on any atom is 0.200 e. The van der Waals surface area contributed by atoms with Gasteiger partial charge in [-0.25, -0.2) is 0 Å². The first-order chi connectivity index (χ1) is 9.08. The van der Waals surface area contributed by atoms with Gasteiger partial charge in [0.1, 0.15) is 0 Å². The lowest BCUT2D eigenvalue weighted by Gasteiger charge is -2.14. The van der Waals surface area contributed by atoms with Gasteiger partial charge in [0, 0.05) is 5.56 Å². The summed E-state index contributed by atoms with van der Waals surface area (Å²) in [4.78, 5) is 0. The Morgan fingerprint density at radius 1 is 0.895 bits per heavy atom. The van der Waals surface area contributed by atoms with Crippen molar-refractivity contribution in [2.75, 3.05) is 0 Å². The average Bonchev–Trinajstić information content (AvgIpc) is 2.44. The Morgan fingerprint density at radius 2 is 1.63 bits per heavy atom. The fourth-order valence-corrected chi connectivity index (χ4v) is 2.25. The Hall–Kier alpha value is -2.16. The van der Waals surface area contributed by atoms with Crippen LogP contribution >= 0.6 is 0 Å². The molecule has 0 saturated heterocycles. The average molecular weight is 258 g/mol. The van der Waals surface area contributed by atoms with Crippen molar-refractivity contribution in [3.63, 3.8) is 0 Å². The standard InChI is InChI=1S/C16H18O3/c1-3-10-6-5-7-12(8-10)14-11(4-2)9-13(17)15(18)16(14)19/h5-9,17-19H,3-4H2,1-2H3. The zero-order valence-electron chi connectivity index (χ0n) is 11.1. The molecule has 0 atom stereocenters. The molecule has 100 valence electrons. The van der Waals surface area contributed by atoms with Crippen LogP contribution < -0.4 is 0 Å². The minimum atomic E-state index is -0.464. The van der Waals surface area contributed by atoms with Crippen LogP contribution in [0.1, 0.15) is 25.0 Å². The van der Waals surface area contributed by atoms with Crippen molar-refractivity contribution in [3.05, 3.63) is 41.5 Å². The molecule has 2 rings (SSSR count). The minimum Gasteiger partial charge on any atom is -0.504 e. The second-order valence-electron chi connectivity index (χ2n) is 4.53. The van der Waals surface area contributed by atoms with Crippen molar-refractivity contribution in [1.29, 1.82) is 0 Å². The summed E-state index contributed by atoms with van der Waals surface area (Å²) in [5.74, 6) is -1.01. The molecule has 0 aliphatic carbocycles. The van der Waals surface area contributed by atoms with Crippen LogP contribution in [0.5, 0.6) is 17.2 Å². The highest BCUT2D eigenvalue weighted by Crippen LogP contribution is 2.45. The van der Waals surface area contributed by atoms with Gasteiger partial charge in [0.05, 0.1) is 0 Å². The number of phenols is 3. The first kappa shape index (κ1) is 13.3. The normalized spacial score (nSPS) is 10.6. The fraction of sp³-hybridized carbons (Fsp3) is 0.250. The summed E-state index contributed by atoms with van der Waals surface area (Å²) in [6.45, 7) is 4.01. The van der Waals surface area contributed by atoms with Crippen LogP contribution in [0.2, 0.25) is 0 Å². The van der Waals surface area contributed by atoms with Crippen molar-refractivity contribution in [3.8, 4) is 28.4 Å². The maximum atomic E-state index is 10.1. The number of aryl methyl sites for hydroxylation is 2. The highest BCUT2D eigenvalue weighted by atomic mass is 16.3. The Bertz CT molecular complexity index is 603. The van der Waals surface area contributed by atoms with E-state index in [2.05, 4.69) is 6.92 Å². The number of hydrogen-bond donors (Lipinski definition) is 3. The molecule has 0 radical (unpaired) electrons. The van der Waals surface area contributed by atoms with Crippen LogP contribution in [0.25, 0.3) is 11.1 Å². The van der Waals surface area contributed by atoms with Crippen molar-refractivity contribution < 1.29 is 15.3 Å². The summed E-state index contributed by atoms with van der Waals surface area (Å²) in [6.07, 6.45) is 1.56. The smallest absolute Gasteiger partial charge is 0.200 e. The van der Waals surface area contributed by atoms with Gasteiger partial charge in [-0.1, -0.05) is 38.1 Å². The molecule has 0 heterocycles. The van der Waals surface area contributed by atoms with Gasteiger partial charge in [-0.3, -0.25) is 0 Å². The van der Waals surface area contributed by atoms with E-state index in [9.17, 15) is 15.3 Å². The second kappa shape index (κ2) is 5.22. The predicted molar refractivity (Wildman–Crippen MR) is 75.6 cm³/mol. The zero-order chi connectivity index (χ0) is 14.0. The van der Waals surface area contributed by atoms with Gasteiger partial charge in [0.25, 0.3) is 0 Å². The predicted octanol–water partition coefficient (Wildman–Crippen LogP) is 3.60. The Kier molecular flexibility index (Phi) is 3.65. The molecule has 2 aromatic rings. The highest BCUT2D eigenvalue weighted by Gasteiger charge is 2.17.